The minimum absolute atomic E-state index is 0.737. The van der Waals surface area contributed by atoms with E-state index < -0.39 is 0 Å². The molecule has 0 N–H and O–H groups in total. The molecule has 4 rings (SSSR count). The normalized spacial score (nSPS) is 21.0. The Labute approximate surface area is 156 Å². The highest BCUT2D eigenvalue weighted by Gasteiger charge is 2.22. The first-order valence-electron chi connectivity index (χ1n) is 10.1. The molecule has 4 heterocycles. The minimum atomic E-state index is 0.737. The summed E-state index contributed by atoms with van der Waals surface area (Å²) in [5, 5.41) is 4.83. The first-order valence-corrected chi connectivity index (χ1v) is 10.1. The number of rotatable bonds is 4. The molecule has 0 aliphatic carbocycles. The molecule has 7 heteroatoms. The SMILES string of the molecule is CCN1CCN(Cc2nc3nc(C)cc(N4CCC(C)CC4)n3n2)CC1. The largest absolute Gasteiger partial charge is 0.356 e. The zero-order valence-electron chi connectivity index (χ0n) is 16.4. The van der Waals surface area contributed by atoms with E-state index in [0.717, 1.165) is 81.4 Å². The molecule has 2 fully saturated rings. The van der Waals surface area contributed by atoms with Gasteiger partial charge in [0.2, 0.25) is 0 Å². The van der Waals surface area contributed by atoms with Crippen LogP contribution in [0.4, 0.5) is 5.82 Å². The summed E-state index contributed by atoms with van der Waals surface area (Å²) < 4.78 is 1.96. The van der Waals surface area contributed by atoms with E-state index >= 15 is 0 Å². The molecule has 0 aromatic carbocycles. The van der Waals surface area contributed by atoms with E-state index in [1.807, 2.05) is 11.4 Å². The Morgan fingerprint density at radius 1 is 1.00 bits per heavy atom. The van der Waals surface area contributed by atoms with Gasteiger partial charge in [-0.2, -0.15) is 9.50 Å². The number of likely N-dealkylation sites (N-methyl/N-ethyl adjacent to an activating group) is 1. The van der Waals surface area contributed by atoms with Crippen molar-refractivity contribution >= 4 is 11.6 Å². The fourth-order valence-corrected chi connectivity index (χ4v) is 4.00. The first kappa shape index (κ1) is 17.7. The number of piperazine rings is 1. The second-order valence-corrected chi connectivity index (χ2v) is 7.88. The van der Waals surface area contributed by atoms with E-state index in [1.165, 1.54) is 12.8 Å². The molecule has 0 unspecified atom stereocenters. The molecule has 2 aromatic heterocycles. The Bertz CT molecular complexity index is 740. The molecule has 0 spiro atoms. The third kappa shape index (κ3) is 3.69. The average Bonchev–Trinajstić information content (AvgIpc) is 3.04. The topological polar surface area (TPSA) is 52.8 Å². The number of hydrogen-bond acceptors (Lipinski definition) is 6. The molecule has 0 amide bonds. The Kier molecular flexibility index (Phi) is 5.09. The van der Waals surface area contributed by atoms with Gasteiger partial charge in [0, 0.05) is 51.0 Å². The maximum absolute atomic E-state index is 4.83. The van der Waals surface area contributed by atoms with Crippen LogP contribution in [0.2, 0.25) is 0 Å². The summed E-state index contributed by atoms with van der Waals surface area (Å²) in [6.07, 6.45) is 2.48. The summed E-state index contributed by atoms with van der Waals surface area (Å²) in [6, 6.07) is 2.15. The van der Waals surface area contributed by atoms with Gasteiger partial charge in [0.25, 0.3) is 5.78 Å². The van der Waals surface area contributed by atoms with Gasteiger partial charge in [-0.15, -0.1) is 5.10 Å². The number of aryl methyl sites for hydroxylation is 1. The van der Waals surface area contributed by atoms with Crippen LogP contribution in [0, 0.1) is 12.8 Å². The highest BCUT2D eigenvalue weighted by atomic mass is 15.4. The fourth-order valence-electron chi connectivity index (χ4n) is 4.00. The molecular formula is C19H31N7. The van der Waals surface area contributed by atoms with Gasteiger partial charge in [0.15, 0.2) is 5.82 Å². The Balaban J connectivity index is 1.54. The summed E-state index contributed by atoms with van der Waals surface area (Å²) in [5.41, 5.74) is 1.02. The van der Waals surface area contributed by atoms with Crippen molar-refractivity contribution < 1.29 is 0 Å². The van der Waals surface area contributed by atoms with Crippen molar-refractivity contribution in [3.8, 4) is 0 Å². The van der Waals surface area contributed by atoms with Gasteiger partial charge in [-0.3, -0.25) is 4.90 Å². The van der Waals surface area contributed by atoms with Gasteiger partial charge in [0.05, 0.1) is 6.54 Å². The van der Waals surface area contributed by atoms with Gasteiger partial charge in [-0.25, -0.2) is 4.98 Å². The van der Waals surface area contributed by atoms with Crippen LogP contribution in [0.5, 0.6) is 0 Å². The smallest absolute Gasteiger partial charge is 0.254 e. The number of hydrogen-bond donors (Lipinski definition) is 0. The quantitative estimate of drug-likeness (QED) is 0.832. The highest BCUT2D eigenvalue weighted by Crippen LogP contribution is 2.24. The van der Waals surface area contributed by atoms with Gasteiger partial charge in [-0.05, 0) is 32.2 Å². The second-order valence-electron chi connectivity index (χ2n) is 7.88. The maximum Gasteiger partial charge on any atom is 0.254 e. The molecule has 142 valence electrons. The average molecular weight is 358 g/mol. The molecule has 2 aliphatic rings. The number of nitrogens with zero attached hydrogens (tertiary/aromatic N) is 7. The van der Waals surface area contributed by atoms with Crippen LogP contribution in [-0.4, -0.2) is 75.2 Å². The zero-order valence-corrected chi connectivity index (χ0v) is 16.4. The van der Waals surface area contributed by atoms with E-state index in [-0.39, 0.29) is 0 Å². The molecule has 7 nitrogen and oxygen atoms in total. The number of anilines is 1. The molecule has 0 bridgehead atoms. The predicted molar refractivity (Wildman–Crippen MR) is 104 cm³/mol. The van der Waals surface area contributed by atoms with Crippen LogP contribution in [0.25, 0.3) is 5.78 Å². The van der Waals surface area contributed by atoms with Gasteiger partial charge >= 0.3 is 0 Å². The van der Waals surface area contributed by atoms with E-state index in [9.17, 15) is 0 Å². The van der Waals surface area contributed by atoms with Crippen LogP contribution in [0.1, 0.15) is 38.2 Å². The van der Waals surface area contributed by atoms with Crippen LogP contribution in [0.3, 0.4) is 0 Å². The lowest BCUT2D eigenvalue weighted by Gasteiger charge is -2.33. The first-order chi connectivity index (χ1) is 12.6. The number of aromatic nitrogens is 4. The number of fused-ring (bicyclic) bond motifs is 1. The second kappa shape index (κ2) is 7.48. The van der Waals surface area contributed by atoms with E-state index in [1.54, 1.807) is 0 Å². The molecule has 0 saturated carbocycles. The van der Waals surface area contributed by atoms with E-state index in [2.05, 4.69) is 39.6 Å². The lowest BCUT2D eigenvalue weighted by Crippen LogP contribution is -2.45. The summed E-state index contributed by atoms with van der Waals surface area (Å²) in [7, 11) is 0. The summed E-state index contributed by atoms with van der Waals surface area (Å²) in [4.78, 5) is 16.8. The van der Waals surface area contributed by atoms with Crippen molar-refractivity contribution in [2.45, 2.75) is 40.2 Å². The third-order valence-electron chi connectivity index (χ3n) is 5.85. The summed E-state index contributed by atoms with van der Waals surface area (Å²) in [6.45, 7) is 15.2. The molecular weight excluding hydrogens is 326 g/mol. The van der Waals surface area contributed by atoms with Crippen molar-refractivity contribution in [2.24, 2.45) is 5.92 Å². The third-order valence-corrected chi connectivity index (χ3v) is 5.85. The summed E-state index contributed by atoms with van der Waals surface area (Å²) in [5.74, 6) is 3.59. The lowest BCUT2D eigenvalue weighted by atomic mass is 9.99. The van der Waals surface area contributed by atoms with Crippen molar-refractivity contribution in [3.05, 3.63) is 17.6 Å². The number of piperidine rings is 1. The lowest BCUT2D eigenvalue weighted by molar-refractivity contribution is 0.129. The zero-order chi connectivity index (χ0) is 18.1. The Morgan fingerprint density at radius 3 is 2.38 bits per heavy atom. The van der Waals surface area contributed by atoms with Crippen LogP contribution >= 0.6 is 0 Å². The van der Waals surface area contributed by atoms with Crippen LogP contribution in [-0.2, 0) is 6.54 Å². The Morgan fingerprint density at radius 2 is 1.69 bits per heavy atom. The maximum atomic E-state index is 4.83. The molecule has 0 radical (unpaired) electrons. The van der Waals surface area contributed by atoms with Crippen LogP contribution in [0.15, 0.2) is 6.07 Å². The van der Waals surface area contributed by atoms with Crippen molar-refractivity contribution in [1.82, 2.24) is 29.4 Å². The predicted octanol–water partition coefficient (Wildman–Crippen LogP) is 1.81. The minimum Gasteiger partial charge on any atom is -0.356 e. The fraction of sp³-hybridized carbons (Fsp3) is 0.737. The molecule has 2 aromatic rings. The van der Waals surface area contributed by atoms with Crippen molar-refractivity contribution in [1.29, 1.82) is 0 Å². The van der Waals surface area contributed by atoms with Crippen molar-refractivity contribution in [2.75, 3.05) is 50.7 Å². The van der Waals surface area contributed by atoms with Gasteiger partial charge < -0.3 is 9.80 Å². The molecule has 2 saturated heterocycles. The van der Waals surface area contributed by atoms with Gasteiger partial charge in [-0.1, -0.05) is 13.8 Å². The highest BCUT2D eigenvalue weighted by molar-refractivity contribution is 5.48. The van der Waals surface area contributed by atoms with E-state index in [4.69, 9.17) is 10.1 Å². The van der Waals surface area contributed by atoms with E-state index in [0.29, 0.717) is 0 Å². The van der Waals surface area contributed by atoms with Crippen LogP contribution < -0.4 is 4.90 Å². The standard InChI is InChI=1S/C19H31N7/c1-4-23-9-11-24(12-10-23)14-17-21-19-20-16(3)13-18(26(19)22-17)25-7-5-15(2)6-8-25/h13,15H,4-12,14H2,1-3H3. The van der Waals surface area contributed by atoms with Gasteiger partial charge in [0.1, 0.15) is 5.82 Å². The molecule has 26 heavy (non-hydrogen) atoms. The van der Waals surface area contributed by atoms with Crippen molar-refractivity contribution in [3.63, 3.8) is 0 Å². The molecule has 0 atom stereocenters. The Hall–Kier alpha value is -1.73. The summed E-state index contributed by atoms with van der Waals surface area (Å²) >= 11 is 0. The monoisotopic (exact) mass is 357 g/mol. The molecule has 2 aliphatic heterocycles.